The average molecular weight is 336 g/mol. The van der Waals surface area contributed by atoms with Crippen LogP contribution in [0.1, 0.15) is 27.0 Å². The van der Waals surface area contributed by atoms with Crippen molar-refractivity contribution in [3.05, 3.63) is 68.9 Å². The molecular weight excluding hydrogens is 321 g/mol. The van der Waals surface area contributed by atoms with E-state index in [4.69, 9.17) is 0 Å². The van der Waals surface area contributed by atoms with E-state index in [1.54, 1.807) is 13.0 Å². The summed E-state index contributed by atoms with van der Waals surface area (Å²) in [6.07, 6.45) is 0. The molecule has 0 bridgehead atoms. The van der Waals surface area contributed by atoms with E-state index >= 15 is 0 Å². The quantitative estimate of drug-likeness (QED) is 0.897. The van der Waals surface area contributed by atoms with Crippen molar-refractivity contribution >= 4 is 21.8 Å². The number of halogens is 2. The number of carbonyl (C=O) groups is 1. The summed E-state index contributed by atoms with van der Waals surface area (Å²) in [5.74, 6) is -0.435. The fraction of sp³-hybridized carbons (Fsp3) is 0.188. The second-order valence-corrected chi connectivity index (χ2v) is 5.60. The molecule has 0 heterocycles. The van der Waals surface area contributed by atoms with Crippen LogP contribution in [0.4, 0.5) is 4.39 Å². The predicted molar refractivity (Wildman–Crippen MR) is 81.2 cm³/mol. The van der Waals surface area contributed by atoms with Crippen LogP contribution in [0.2, 0.25) is 0 Å². The molecule has 0 saturated heterocycles. The van der Waals surface area contributed by atoms with Crippen LogP contribution in [0.5, 0.6) is 0 Å². The molecule has 104 valence electrons. The summed E-state index contributed by atoms with van der Waals surface area (Å²) >= 11 is 3.36. The first-order chi connectivity index (χ1) is 9.47. The number of amides is 1. The molecule has 4 heteroatoms. The van der Waals surface area contributed by atoms with Crippen molar-refractivity contribution < 1.29 is 9.18 Å². The molecule has 0 spiro atoms. The summed E-state index contributed by atoms with van der Waals surface area (Å²) in [6, 6.07) is 10.5. The Morgan fingerprint density at radius 2 is 1.95 bits per heavy atom. The van der Waals surface area contributed by atoms with Gasteiger partial charge in [-0.25, -0.2) is 4.39 Å². The SMILES string of the molecule is Cc1ccc(Br)c(C(=O)NCc2ccc(C)c(F)c2)c1. The second kappa shape index (κ2) is 6.18. The molecule has 0 radical (unpaired) electrons. The van der Waals surface area contributed by atoms with Gasteiger partial charge in [0.2, 0.25) is 0 Å². The Morgan fingerprint density at radius 3 is 2.65 bits per heavy atom. The smallest absolute Gasteiger partial charge is 0.252 e. The molecule has 1 amide bonds. The molecule has 0 atom stereocenters. The zero-order valence-electron chi connectivity index (χ0n) is 11.3. The minimum atomic E-state index is -0.256. The highest BCUT2D eigenvalue weighted by atomic mass is 79.9. The molecule has 0 aromatic heterocycles. The van der Waals surface area contributed by atoms with Gasteiger partial charge in [-0.1, -0.05) is 23.8 Å². The number of hydrogen-bond acceptors (Lipinski definition) is 1. The van der Waals surface area contributed by atoms with Crippen LogP contribution in [0, 0.1) is 19.7 Å². The van der Waals surface area contributed by atoms with Crippen LogP contribution in [-0.2, 0) is 6.54 Å². The molecule has 0 aliphatic heterocycles. The highest BCUT2D eigenvalue weighted by Crippen LogP contribution is 2.18. The zero-order chi connectivity index (χ0) is 14.7. The van der Waals surface area contributed by atoms with Gasteiger partial charge in [0, 0.05) is 11.0 Å². The number of hydrogen-bond donors (Lipinski definition) is 1. The minimum absolute atomic E-state index is 0.179. The van der Waals surface area contributed by atoms with E-state index in [9.17, 15) is 9.18 Å². The Hall–Kier alpha value is -1.68. The van der Waals surface area contributed by atoms with Crippen molar-refractivity contribution in [1.29, 1.82) is 0 Å². The van der Waals surface area contributed by atoms with Gasteiger partial charge in [-0.2, -0.15) is 0 Å². The maximum absolute atomic E-state index is 13.4. The van der Waals surface area contributed by atoms with Gasteiger partial charge >= 0.3 is 0 Å². The normalized spacial score (nSPS) is 10.4. The maximum atomic E-state index is 13.4. The highest BCUT2D eigenvalue weighted by molar-refractivity contribution is 9.10. The van der Waals surface area contributed by atoms with Gasteiger partial charge < -0.3 is 5.32 Å². The van der Waals surface area contributed by atoms with Crippen LogP contribution in [0.3, 0.4) is 0 Å². The third-order valence-corrected chi connectivity index (χ3v) is 3.75. The van der Waals surface area contributed by atoms with Gasteiger partial charge in [-0.05, 0) is 59.1 Å². The van der Waals surface area contributed by atoms with E-state index in [0.717, 1.165) is 15.6 Å². The summed E-state index contributed by atoms with van der Waals surface area (Å²) in [6.45, 7) is 3.94. The molecule has 0 saturated carbocycles. The lowest BCUT2D eigenvalue weighted by molar-refractivity contribution is 0.0950. The van der Waals surface area contributed by atoms with E-state index in [2.05, 4.69) is 21.2 Å². The number of aryl methyl sites for hydroxylation is 2. The molecule has 2 rings (SSSR count). The third kappa shape index (κ3) is 3.45. The molecule has 2 aromatic carbocycles. The molecule has 1 N–H and O–H groups in total. The van der Waals surface area contributed by atoms with E-state index in [0.29, 0.717) is 17.7 Å². The van der Waals surface area contributed by atoms with Crippen LogP contribution in [0.15, 0.2) is 40.9 Å². The van der Waals surface area contributed by atoms with Gasteiger partial charge in [0.25, 0.3) is 5.91 Å². The highest BCUT2D eigenvalue weighted by Gasteiger charge is 2.10. The fourth-order valence-electron chi connectivity index (χ4n) is 1.84. The standard InChI is InChI=1S/C16H15BrFNO/c1-10-3-6-14(17)13(7-10)16(20)19-9-12-5-4-11(2)15(18)8-12/h3-8H,9H2,1-2H3,(H,19,20). The molecule has 0 aliphatic rings. The summed E-state index contributed by atoms with van der Waals surface area (Å²) in [7, 11) is 0. The first kappa shape index (κ1) is 14.7. The Labute approximate surface area is 126 Å². The summed E-state index contributed by atoms with van der Waals surface area (Å²) in [4.78, 5) is 12.1. The number of benzene rings is 2. The monoisotopic (exact) mass is 335 g/mol. The van der Waals surface area contributed by atoms with Crippen molar-refractivity contribution in [3.8, 4) is 0 Å². The van der Waals surface area contributed by atoms with Gasteiger partial charge in [0.05, 0.1) is 5.56 Å². The van der Waals surface area contributed by atoms with Crippen LogP contribution >= 0.6 is 15.9 Å². The van der Waals surface area contributed by atoms with E-state index in [1.165, 1.54) is 6.07 Å². The summed E-state index contributed by atoms with van der Waals surface area (Å²) in [5, 5.41) is 2.79. The lowest BCUT2D eigenvalue weighted by Gasteiger charge is -2.08. The maximum Gasteiger partial charge on any atom is 0.252 e. The lowest BCUT2D eigenvalue weighted by atomic mass is 10.1. The molecule has 2 aromatic rings. The molecule has 20 heavy (non-hydrogen) atoms. The van der Waals surface area contributed by atoms with Crippen LogP contribution in [0.25, 0.3) is 0 Å². The van der Waals surface area contributed by atoms with Crippen molar-refractivity contribution in [2.24, 2.45) is 0 Å². The number of rotatable bonds is 3. The molecule has 2 nitrogen and oxygen atoms in total. The van der Waals surface area contributed by atoms with Crippen LogP contribution in [-0.4, -0.2) is 5.91 Å². The van der Waals surface area contributed by atoms with Crippen LogP contribution < -0.4 is 5.32 Å². The first-order valence-electron chi connectivity index (χ1n) is 6.27. The van der Waals surface area contributed by atoms with E-state index in [-0.39, 0.29) is 11.7 Å². The van der Waals surface area contributed by atoms with Crippen molar-refractivity contribution in [2.45, 2.75) is 20.4 Å². The first-order valence-corrected chi connectivity index (χ1v) is 7.06. The summed E-state index contributed by atoms with van der Waals surface area (Å²) in [5.41, 5.74) is 2.93. The molecule has 0 unspecified atom stereocenters. The van der Waals surface area contributed by atoms with Gasteiger partial charge in [-0.3, -0.25) is 4.79 Å². The number of carbonyl (C=O) groups excluding carboxylic acids is 1. The largest absolute Gasteiger partial charge is 0.348 e. The predicted octanol–water partition coefficient (Wildman–Crippen LogP) is 4.14. The lowest BCUT2D eigenvalue weighted by Crippen LogP contribution is -2.23. The molecular formula is C16H15BrFNO. The fourth-order valence-corrected chi connectivity index (χ4v) is 2.26. The zero-order valence-corrected chi connectivity index (χ0v) is 12.9. The van der Waals surface area contributed by atoms with E-state index in [1.807, 2.05) is 31.2 Å². The Kier molecular flexibility index (Phi) is 4.55. The molecule has 0 aliphatic carbocycles. The summed E-state index contributed by atoms with van der Waals surface area (Å²) < 4.78 is 14.2. The Balaban J connectivity index is 2.08. The van der Waals surface area contributed by atoms with Crippen molar-refractivity contribution in [2.75, 3.05) is 0 Å². The topological polar surface area (TPSA) is 29.1 Å². The molecule has 0 fully saturated rings. The van der Waals surface area contributed by atoms with E-state index < -0.39 is 0 Å². The van der Waals surface area contributed by atoms with Gasteiger partial charge in [-0.15, -0.1) is 0 Å². The average Bonchev–Trinajstić information content (AvgIpc) is 2.42. The minimum Gasteiger partial charge on any atom is -0.348 e. The Bertz CT molecular complexity index is 655. The van der Waals surface area contributed by atoms with Gasteiger partial charge in [0.15, 0.2) is 0 Å². The number of nitrogens with one attached hydrogen (secondary N) is 1. The van der Waals surface area contributed by atoms with Crippen molar-refractivity contribution in [3.63, 3.8) is 0 Å². The second-order valence-electron chi connectivity index (χ2n) is 4.75. The Morgan fingerprint density at radius 1 is 1.20 bits per heavy atom. The van der Waals surface area contributed by atoms with Crippen molar-refractivity contribution in [1.82, 2.24) is 5.32 Å². The third-order valence-electron chi connectivity index (χ3n) is 3.06. The van der Waals surface area contributed by atoms with Gasteiger partial charge in [0.1, 0.15) is 5.82 Å².